The molecule has 0 saturated carbocycles. The van der Waals surface area contributed by atoms with E-state index >= 15 is 0 Å². The van der Waals surface area contributed by atoms with Crippen LogP contribution in [0.3, 0.4) is 0 Å². The molecule has 0 radical (unpaired) electrons. The lowest BCUT2D eigenvalue weighted by Crippen LogP contribution is -2.35. The van der Waals surface area contributed by atoms with E-state index in [4.69, 9.17) is 0 Å². The van der Waals surface area contributed by atoms with Gasteiger partial charge in [-0.25, -0.2) is 4.98 Å². The summed E-state index contributed by atoms with van der Waals surface area (Å²) in [4.78, 5) is 40.9. The van der Waals surface area contributed by atoms with Crippen LogP contribution in [0.5, 0.6) is 0 Å². The van der Waals surface area contributed by atoms with Crippen LogP contribution >= 0.6 is 11.3 Å². The lowest BCUT2D eigenvalue weighted by molar-refractivity contribution is -0.147. The molecule has 1 atom stereocenters. The summed E-state index contributed by atoms with van der Waals surface area (Å²) < 4.78 is 0. The number of thiazole rings is 1. The highest BCUT2D eigenvalue weighted by molar-refractivity contribution is 7.13. The van der Waals surface area contributed by atoms with E-state index in [1.54, 1.807) is 31.1 Å². The fourth-order valence-electron chi connectivity index (χ4n) is 2.31. The smallest absolute Gasteiger partial charge is 0.311 e. The molecule has 8 heteroatoms. The average Bonchev–Trinajstić information content (AvgIpc) is 3.06. The maximum absolute atomic E-state index is 12.3. The SMILES string of the molecule is CC(C)C(=O)Nc1nc(CC(=O)N2CCC(C)(C(=O)O)C2)cs1. The number of nitrogens with one attached hydrogen (secondary N) is 1. The molecule has 23 heavy (non-hydrogen) atoms. The van der Waals surface area contributed by atoms with E-state index in [0.29, 0.717) is 23.8 Å². The number of hydrogen-bond donors (Lipinski definition) is 2. The van der Waals surface area contributed by atoms with Crippen molar-refractivity contribution in [3.8, 4) is 0 Å². The normalized spacial score (nSPS) is 20.8. The van der Waals surface area contributed by atoms with Gasteiger partial charge in [0, 0.05) is 24.4 Å². The van der Waals surface area contributed by atoms with Gasteiger partial charge in [0.25, 0.3) is 0 Å². The predicted molar refractivity (Wildman–Crippen MR) is 86.2 cm³/mol. The van der Waals surface area contributed by atoms with Gasteiger partial charge in [-0.2, -0.15) is 0 Å². The molecule has 1 unspecified atom stereocenters. The zero-order chi connectivity index (χ0) is 17.2. The van der Waals surface area contributed by atoms with Crippen molar-refractivity contribution in [2.45, 2.75) is 33.6 Å². The molecule has 0 aromatic carbocycles. The number of carboxylic acid groups (broad SMARTS) is 1. The van der Waals surface area contributed by atoms with Gasteiger partial charge >= 0.3 is 5.97 Å². The van der Waals surface area contributed by atoms with E-state index < -0.39 is 11.4 Å². The number of anilines is 1. The Bertz CT molecular complexity index is 628. The molecule has 1 aromatic heterocycles. The summed E-state index contributed by atoms with van der Waals surface area (Å²) in [6.07, 6.45) is 0.574. The summed E-state index contributed by atoms with van der Waals surface area (Å²) in [5.41, 5.74) is -0.281. The average molecular weight is 339 g/mol. The molecule has 2 rings (SSSR count). The summed E-state index contributed by atoms with van der Waals surface area (Å²) in [5.74, 6) is -1.27. The first-order chi connectivity index (χ1) is 10.7. The number of nitrogens with zero attached hydrogens (tertiary/aromatic N) is 2. The first-order valence-corrected chi connectivity index (χ1v) is 8.35. The Morgan fingerprint density at radius 2 is 2.17 bits per heavy atom. The molecule has 2 N–H and O–H groups in total. The van der Waals surface area contributed by atoms with Crippen molar-refractivity contribution in [3.63, 3.8) is 0 Å². The third kappa shape index (κ3) is 4.07. The van der Waals surface area contributed by atoms with E-state index in [-0.39, 0.29) is 30.7 Å². The Morgan fingerprint density at radius 1 is 1.48 bits per heavy atom. The molecular formula is C15H21N3O4S. The van der Waals surface area contributed by atoms with Gasteiger partial charge in [0.15, 0.2) is 5.13 Å². The highest BCUT2D eigenvalue weighted by atomic mass is 32.1. The number of carboxylic acids is 1. The van der Waals surface area contributed by atoms with Crippen LogP contribution in [0.2, 0.25) is 0 Å². The summed E-state index contributed by atoms with van der Waals surface area (Å²) in [5, 5.41) is 14.1. The second-order valence-corrected chi connectivity index (χ2v) is 7.25. The van der Waals surface area contributed by atoms with Crippen molar-refractivity contribution in [2.24, 2.45) is 11.3 Å². The third-order valence-corrected chi connectivity index (χ3v) is 4.79. The minimum absolute atomic E-state index is 0.115. The molecule has 2 heterocycles. The monoisotopic (exact) mass is 339 g/mol. The van der Waals surface area contributed by atoms with E-state index in [9.17, 15) is 19.5 Å². The lowest BCUT2D eigenvalue weighted by atomic mass is 9.90. The van der Waals surface area contributed by atoms with Gasteiger partial charge in [-0.3, -0.25) is 14.4 Å². The highest BCUT2D eigenvalue weighted by Gasteiger charge is 2.42. The maximum atomic E-state index is 12.3. The van der Waals surface area contributed by atoms with Crippen molar-refractivity contribution in [2.75, 3.05) is 18.4 Å². The lowest BCUT2D eigenvalue weighted by Gasteiger charge is -2.19. The first-order valence-electron chi connectivity index (χ1n) is 7.48. The molecule has 0 bridgehead atoms. The predicted octanol–water partition coefficient (Wildman–Crippen LogP) is 1.60. The number of rotatable bonds is 5. The van der Waals surface area contributed by atoms with Crippen molar-refractivity contribution in [3.05, 3.63) is 11.1 Å². The van der Waals surface area contributed by atoms with Gasteiger partial charge in [0.2, 0.25) is 11.8 Å². The van der Waals surface area contributed by atoms with Crippen LogP contribution in [0.1, 0.15) is 32.9 Å². The number of aliphatic carboxylic acids is 1. The first kappa shape index (κ1) is 17.4. The third-order valence-electron chi connectivity index (χ3n) is 3.98. The number of carbonyl (C=O) groups excluding carboxylic acids is 2. The van der Waals surface area contributed by atoms with Crippen molar-refractivity contribution in [1.29, 1.82) is 0 Å². The minimum Gasteiger partial charge on any atom is -0.481 e. The van der Waals surface area contributed by atoms with Crippen molar-refractivity contribution < 1.29 is 19.5 Å². The van der Waals surface area contributed by atoms with Crippen molar-refractivity contribution in [1.82, 2.24) is 9.88 Å². The second-order valence-electron chi connectivity index (χ2n) is 6.40. The summed E-state index contributed by atoms with van der Waals surface area (Å²) in [7, 11) is 0. The molecule has 7 nitrogen and oxygen atoms in total. The fraction of sp³-hybridized carbons (Fsp3) is 0.600. The molecule has 1 aliphatic rings. The van der Waals surface area contributed by atoms with Gasteiger partial charge < -0.3 is 15.3 Å². The van der Waals surface area contributed by atoms with Crippen LogP contribution < -0.4 is 5.32 Å². The second kappa shape index (κ2) is 6.66. The van der Waals surface area contributed by atoms with Crippen LogP contribution in [0, 0.1) is 11.3 Å². The Balaban J connectivity index is 1.93. The highest BCUT2D eigenvalue weighted by Crippen LogP contribution is 2.30. The van der Waals surface area contributed by atoms with Crippen LogP contribution in [0.4, 0.5) is 5.13 Å². The molecule has 0 aliphatic carbocycles. The molecule has 1 aliphatic heterocycles. The summed E-state index contributed by atoms with van der Waals surface area (Å²) in [6, 6.07) is 0. The van der Waals surface area contributed by atoms with Gasteiger partial charge in [0.1, 0.15) is 0 Å². The minimum atomic E-state index is -0.875. The zero-order valence-electron chi connectivity index (χ0n) is 13.5. The quantitative estimate of drug-likeness (QED) is 0.849. The van der Waals surface area contributed by atoms with Crippen LogP contribution in [0.25, 0.3) is 0 Å². The van der Waals surface area contributed by atoms with E-state index in [2.05, 4.69) is 10.3 Å². The van der Waals surface area contributed by atoms with Gasteiger partial charge in [-0.15, -0.1) is 11.3 Å². The molecule has 1 aromatic rings. The van der Waals surface area contributed by atoms with Crippen LogP contribution in [-0.4, -0.2) is 45.9 Å². The fourth-order valence-corrected chi connectivity index (χ4v) is 3.02. The van der Waals surface area contributed by atoms with Crippen molar-refractivity contribution >= 4 is 34.3 Å². The number of likely N-dealkylation sites (tertiary alicyclic amines) is 1. The Kier molecular flexibility index (Phi) is 5.03. The Labute approximate surface area is 138 Å². The van der Waals surface area contributed by atoms with Gasteiger partial charge in [-0.1, -0.05) is 13.8 Å². The van der Waals surface area contributed by atoms with E-state index in [0.717, 1.165) is 0 Å². The number of amides is 2. The van der Waals surface area contributed by atoms with Gasteiger partial charge in [0.05, 0.1) is 17.5 Å². The molecule has 1 saturated heterocycles. The number of hydrogen-bond acceptors (Lipinski definition) is 5. The standard InChI is InChI=1S/C15H21N3O4S/c1-9(2)12(20)17-14-16-10(7-23-14)6-11(19)18-5-4-15(3,8-18)13(21)22/h7,9H,4-6,8H2,1-3H3,(H,21,22)(H,16,17,20). The Morgan fingerprint density at radius 3 is 2.74 bits per heavy atom. The van der Waals surface area contributed by atoms with E-state index in [1.165, 1.54) is 11.3 Å². The summed E-state index contributed by atoms with van der Waals surface area (Å²) >= 11 is 1.28. The van der Waals surface area contributed by atoms with Gasteiger partial charge in [-0.05, 0) is 13.3 Å². The molecule has 1 fully saturated rings. The van der Waals surface area contributed by atoms with Crippen LogP contribution in [-0.2, 0) is 20.8 Å². The largest absolute Gasteiger partial charge is 0.481 e. The molecule has 2 amide bonds. The zero-order valence-corrected chi connectivity index (χ0v) is 14.3. The molecule has 0 spiro atoms. The molecular weight excluding hydrogens is 318 g/mol. The Hall–Kier alpha value is -1.96. The van der Waals surface area contributed by atoms with Crippen LogP contribution in [0.15, 0.2) is 5.38 Å². The number of carbonyl (C=O) groups is 3. The number of aromatic nitrogens is 1. The summed E-state index contributed by atoms with van der Waals surface area (Å²) in [6.45, 7) is 5.91. The topological polar surface area (TPSA) is 99.6 Å². The van der Waals surface area contributed by atoms with E-state index in [1.807, 2.05) is 0 Å². The maximum Gasteiger partial charge on any atom is 0.311 e. The molecule has 126 valence electrons.